The Morgan fingerprint density at radius 3 is 2.95 bits per heavy atom. The molecule has 0 radical (unpaired) electrons. The molecule has 1 atom stereocenters. The molecule has 1 aromatic rings. The van der Waals surface area contributed by atoms with Crippen LogP contribution in [0.25, 0.3) is 0 Å². The van der Waals surface area contributed by atoms with Crippen LogP contribution < -0.4 is 5.32 Å². The highest BCUT2D eigenvalue weighted by atomic mass is 16.2. The fraction of sp³-hybridized carbons (Fsp3) is 0.600. The molecule has 4 nitrogen and oxygen atoms in total. The van der Waals surface area contributed by atoms with Crippen molar-refractivity contribution in [2.45, 2.75) is 38.3 Å². The van der Waals surface area contributed by atoms with Gasteiger partial charge in [-0.1, -0.05) is 6.07 Å². The first kappa shape index (κ1) is 12.6. The average molecular weight is 259 g/mol. The third kappa shape index (κ3) is 3.32. The molecule has 0 spiro atoms. The van der Waals surface area contributed by atoms with Crippen molar-refractivity contribution in [2.24, 2.45) is 5.92 Å². The van der Waals surface area contributed by atoms with E-state index in [1.807, 2.05) is 18.3 Å². The molecule has 3 rings (SSSR count). The summed E-state index contributed by atoms with van der Waals surface area (Å²) in [6.45, 7) is 2.78. The summed E-state index contributed by atoms with van der Waals surface area (Å²) < 4.78 is 0. The van der Waals surface area contributed by atoms with Gasteiger partial charge < -0.3 is 10.2 Å². The molecule has 1 aromatic heterocycles. The standard InChI is InChI=1S/C15H21N3O/c19-15(8-12-5-7-17-9-12)18(14-3-4-14)11-13-2-1-6-16-10-13/h1-2,6,10,12,14,17H,3-5,7-9,11H2. The van der Waals surface area contributed by atoms with E-state index in [-0.39, 0.29) is 0 Å². The first-order chi connectivity index (χ1) is 9.33. The molecule has 1 unspecified atom stereocenters. The molecule has 1 aliphatic carbocycles. The van der Waals surface area contributed by atoms with Crippen LogP contribution in [0.2, 0.25) is 0 Å². The molecule has 1 amide bonds. The quantitative estimate of drug-likeness (QED) is 0.873. The average Bonchev–Trinajstić information content (AvgIpc) is 3.15. The molecular weight excluding hydrogens is 238 g/mol. The number of nitrogens with zero attached hydrogens (tertiary/aromatic N) is 2. The largest absolute Gasteiger partial charge is 0.335 e. The maximum atomic E-state index is 12.5. The van der Waals surface area contributed by atoms with Crippen LogP contribution in [-0.4, -0.2) is 34.9 Å². The number of hydrogen-bond acceptors (Lipinski definition) is 3. The van der Waals surface area contributed by atoms with Crippen molar-refractivity contribution in [3.05, 3.63) is 30.1 Å². The van der Waals surface area contributed by atoms with Crippen LogP contribution in [0.4, 0.5) is 0 Å². The van der Waals surface area contributed by atoms with Gasteiger partial charge in [-0.3, -0.25) is 9.78 Å². The molecule has 19 heavy (non-hydrogen) atoms. The zero-order valence-electron chi connectivity index (χ0n) is 11.2. The first-order valence-electron chi connectivity index (χ1n) is 7.22. The Bertz CT molecular complexity index is 424. The zero-order chi connectivity index (χ0) is 13.1. The molecule has 0 bridgehead atoms. The van der Waals surface area contributed by atoms with Crippen molar-refractivity contribution in [3.8, 4) is 0 Å². The molecule has 102 valence electrons. The van der Waals surface area contributed by atoms with Crippen LogP contribution in [0.3, 0.4) is 0 Å². The van der Waals surface area contributed by atoms with Crippen LogP contribution in [0, 0.1) is 5.92 Å². The third-order valence-corrected chi connectivity index (χ3v) is 4.01. The minimum atomic E-state index is 0.319. The summed E-state index contributed by atoms with van der Waals surface area (Å²) >= 11 is 0. The fourth-order valence-corrected chi connectivity index (χ4v) is 2.75. The predicted molar refractivity (Wildman–Crippen MR) is 73.4 cm³/mol. The second kappa shape index (κ2) is 5.70. The van der Waals surface area contributed by atoms with Gasteiger partial charge in [0.25, 0.3) is 0 Å². The van der Waals surface area contributed by atoms with Gasteiger partial charge in [0.2, 0.25) is 5.91 Å². The summed E-state index contributed by atoms with van der Waals surface area (Å²) in [4.78, 5) is 18.7. The van der Waals surface area contributed by atoms with E-state index in [0.717, 1.165) is 44.5 Å². The lowest BCUT2D eigenvalue weighted by atomic mass is 10.0. The van der Waals surface area contributed by atoms with E-state index in [2.05, 4.69) is 15.2 Å². The van der Waals surface area contributed by atoms with Crippen LogP contribution in [0.15, 0.2) is 24.5 Å². The van der Waals surface area contributed by atoms with Crippen molar-refractivity contribution < 1.29 is 4.79 Å². The summed E-state index contributed by atoms with van der Waals surface area (Å²) in [5, 5.41) is 3.33. The Balaban J connectivity index is 1.61. The number of hydrogen-bond donors (Lipinski definition) is 1. The van der Waals surface area contributed by atoms with Gasteiger partial charge in [-0.15, -0.1) is 0 Å². The van der Waals surface area contributed by atoms with E-state index in [9.17, 15) is 4.79 Å². The summed E-state index contributed by atoms with van der Waals surface area (Å²) in [6.07, 6.45) is 7.79. The number of rotatable bonds is 5. The minimum Gasteiger partial charge on any atom is -0.335 e. The molecule has 1 aliphatic heterocycles. The van der Waals surface area contributed by atoms with Crippen LogP contribution >= 0.6 is 0 Å². The maximum Gasteiger partial charge on any atom is 0.223 e. The van der Waals surface area contributed by atoms with Gasteiger partial charge >= 0.3 is 0 Å². The summed E-state index contributed by atoms with van der Waals surface area (Å²) in [6, 6.07) is 4.46. The van der Waals surface area contributed by atoms with Crippen molar-refractivity contribution in [1.82, 2.24) is 15.2 Å². The summed E-state index contributed by atoms with van der Waals surface area (Å²) in [7, 11) is 0. The van der Waals surface area contributed by atoms with Gasteiger partial charge in [-0.2, -0.15) is 0 Å². The van der Waals surface area contributed by atoms with Crippen molar-refractivity contribution in [3.63, 3.8) is 0 Å². The SMILES string of the molecule is O=C(CC1CCNC1)N(Cc1cccnc1)C1CC1. The van der Waals surface area contributed by atoms with Gasteiger partial charge in [-0.05, 0) is 49.9 Å². The molecule has 4 heteroatoms. The highest BCUT2D eigenvalue weighted by molar-refractivity contribution is 5.77. The Hall–Kier alpha value is -1.42. The van der Waals surface area contributed by atoms with Gasteiger partial charge in [0, 0.05) is 31.4 Å². The predicted octanol–water partition coefficient (Wildman–Crippen LogP) is 1.57. The number of amides is 1. The normalized spacial score (nSPS) is 22.4. The number of pyridine rings is 1. The highest BCUT2D eigenvalue weighted by Gasteiger charge is 2.33. The Morgan fingerprint density at radius 2 is 2.32 bits per heavy atom. The van der Waals surface area contributed by atoms with E-state index < -0.39 is 0 Å². The summed E-state index contributed by atoms with van der Waals surface area (Å²) in [5.41, 5.74) is 1.13. The zero-order valence-corrected chi connectivity index (χ0v) is 11.2. The lowest BCUT2D eigenvalue weighted by molar-refractivity contribution is -0.133. The highest BCUT2D eigenvalue weighted by Crippen LogP contribution is 2.30. The van der Waals surface area contributed by atoms with Gasteiger partial charge in [0.1, 0.15) is 0 Å². The molecule has 2 heterocycles. The second-order valence-electron chi connectivity index (χ2n) is 5.68. The fourth-order valence-electron chi connectivity index (χ4n) is 2.75. The van der Waals surface area contributed by atoms with E-state index in [1.54, 1.807) is 6.20 Å². The van der Waals surface area contributed by atoms with E-state index >= 15 is 0 Å². The van der Waals surface area contributed by atoms with Gasteiger partial charge in [-0.25, -0.2) is 0 Å². The van der Waals surface area contributed by atoms with E-state index in [4.69, 9.17) is 0 Å². The third-order valence-electron chi connectivity index (χ3n) is 4.01. The smallest absolute Gasteiger partial charge is 0.223 e. The molecule has 1 saturated carbocycles. The Kier molecular flexibility index (Phi) is 3.78. The van der Waals surface area contributed by atoms with Crippen LogP contribution in [0.5, 0.6) is 0 Å². The van der Waals surface area contributed by atoms with Crippen LogP contribution in [0.1, 0.15) is 31.2 Å². The van der Waals surface area contributed by atoms with Gasteiger partial charge in [0.15, 0.2) is 0 Å². The molecular formula is C15H21N3O. The van der Waals surface area contributed by atoms with Crippen LogP contribution in [-0.2, 0) is 11.3 Å². The van der Waals surface area contributed by atoms with E-state index in [0.29, 0.717) is 24.3 Å². The molecule has 0 aromatic carbocycles. The second-order valence-corrected chi connectivity index (χ2v) is 5.68. The monoisotopic (exact) mass is 259 g/mol. The molecule has 1 saturated heterocycles. The van der Waals surface area contributed by atoms with Gasteiger partial charge in [0.05, 0.1) is 0 Å². The lowest BCUT2D eigenvalue weighted by Gasteiger charge is -2.24. The lowest BCUT2D eigenvalue weighted by Crippen LogP contribution is -2.34. The topological polar surface area (TPSA) is 45.2 Å². The minimum absolute atomic E-state index is 0.319. The first-order valence-corrected chi connectivity index (χ1v) is 7.22. The number of carbonyl (C=O) groups excluding carboxylic acids is 1. The number of nitrogens with one attached hydrogen (secondary N) is 1. The number of aromatic nitrogens is 1. The summed E-state index contributed by atoms with van der Waals surface area (Å²) in [5.74, 6) is 0.850. The van der Waals surface area contributed by atoms with Crippen molar-refractivity contribution in [1.29, 1.82) is 0 Å². The molecule has 1 N–H and O–H groups in total. The Labute approximate surface area is 114 Å². The molecule has 2 aliphatic rings. The number of carbonyl (C=O) groups is 1. The van der Waals surface area contributed by atoms with Crippen molar-refractivity contribution in [2.75, 3.05) is 13.1 Å². The van der Waals surface area contributed by atoms with E-state index in [1.165, 1.54) is 0 Å². The molecule has 2 fully saturated rings. The van der Waals surface area contributed by atoms with Crippen molar-refractivity contribution >= 4 is 5.91 Å². The Morgan fingerprint density at radius 1 is 1.42 bits per heavy atom. The maximum absolute atomic E-state index is 12.5.